The molecule has 2 aliphatic rings. The number of aromatic nitrogens is 2. The molecule has 0 radical (unpaired) electrons. The molecule has 0 aromatic carbocycles. The quantitative estimate of drug-likeness (QED) is 0.218. The minimum absolute atomic E-state index is 0.0495. The highest BCUT2D eigenvalue weighted by Gasteiger charge is 2.26. The Morgan fingerprint density at radius 2 is 2.11 bits per heavy atom. The number of anilines is 1. The first-order chi connectivity index (χ1) is 13.6. The van der Waals surface area contributed by atoms with Gasteiger partial charge in [-0.3, -0.25) is 4.79 Å². The molecular formula is C16H20ClN5O4S2. The van der Waals surface area contributed by atoms with E-state index in [2.05, 4.69) is 19.8 Å². The Morgan fingerprint density at radius 1 is 1.29 bits per heavy atom. The summed E-state index contributed by atoms with van der Waals surface area (Å²) in [6, 6.07) is 2.00. The second-order valence-electron chi connectivity index (χ2n) is 6.33. The molecule has 2 aliphatic heterocycles. The van der Waals surface area contributed by atoms with E-state index in [-0.39, 0.29) is 17.7 Å². The molecule has 12 heteroatoms. The average molecular weight is 446 g/mol. The van der Waals surface area contributed by atoms with Gasteiger partial charge in [-0.2, -0.15) is 4.98 Å². The maximum Gasteiger partial charge on any atom is 0.238 e. The van der Waals surface area contributed by atoms with Gasteiger partial charge in [-0.05, 0) is 17.7 Å². The number of nitrogens with zero attached hydrogens (tertiary/aromatic N) is 5. The summed E-state index contributed by atoms with van der Waals surface area (Å²) in [7, 11) is 1.44. The Morgan fingerprint density at radius 3 is 2.86 bits per heavy atom. The summed E-state index contributed by atoms with van der Waals surface area (Å²) in [6.45, 7) is 5.04. The molecular weight excluding hydrogens is 426 g/mol. The third kappa shape index (κ3) is 4.51. The normalized spacial score (nSPS) is 19.0. The summed E-state index contributed by atoms with van der Waals surface area (Å²) in [5.41, 5.74) is 0.816. The number of carbonyl (C=O) groups excluding carboxylic acids is 1. The molecule has 4 rings (SSSR count). The lowest BCUT2D eigenvalue weighted by atomic mass is 10.3. The summed E-state index contributed by atoms with van der Waals surface area (Å²) in [6.07, 6.45) is 0. The highest BCUT2D eigenvalue weighted by molar-refractivity contribution is 7.92. The second-order valence-corrected chi connectivity index (χ2v) is 8.61. The molecule has 9 nitrogen and oxygen atoms in total. The summed E-state index contributed by atoms with van der Waals surface area (Å²) < 4.78 is 13.1. The molecule has 4 heterocycles. The molecule has 0 unspecified atom stereocenters. The lowest BCUT2D eigenvalue weighted by Gasteiger charge is -2.32. The van der Waals surface area contributed by atoms with Gasteiger partial charge in [0.05, 0.1) is 43.6 Å². The van der Waals surface area contributed by atoms with E-state index in [0.717, 1.165) is 46.2 Å². The number of morpholine rings is 1. The van der Waals surface area contributed by atoms with Gasteiger partial charge in [-0.15, -0.1) is 15.7 Å². The van der Waals surface area contributed by atoms with E-state index in [9.17, 15) is 4.79 Å². The monoisotopic (exact) mass is 445 g/mol. The first-order valence-electron chi connectivity index (χ1n) is 8.83. The van der Waals surface area contributed by atoms with E-state index in [1.165, 1.54) is 7.11 Å². The van der Waals surface area contributed by atoms with E-state index in [1.54, 1.807) is 11.3 Å². The van der Waals surface area contributed by atoms with Crippen molar-refractivity contribution < 1.29 is 18.8 Å². The first-order valence-corrected chi connectivity index (χ1v) is 10.7. The van der Waals surface area contributed by atoms with Crippen LogP contribution in [0.25, 0.3) is 10.2 Å². The predicted molar refractivity (Wildman–Crippen MR) is 108 cm³/mol. The summed E-state index contributed by atoms with van der Waals surface area (Å²) in [5, 5.41) is 0.234. The number of halogens is 1. The van der Waals surface area contributed by atoms with Gasteiger partial charge in [0, 0.05) is 31.1 Å². The SMILES string of the molecule is COOSN1CCN(Cc2cc3nc(Cl)nc(N4CCOCC4)c3s2)C(=O)C1. The van der Waals surface area contributed by atoms with Crippen molar-refractivity contribution in [2.45, 2.75) is 6.54 Å². The van der Waals surface area contributed by atoms with Crippen LogP contribution in [0.2, 0.25) is 5.28 Å². The van der Waals surface area contributed by atoms with Crippen LogP contribution in [0.3, 0.4) is 0 Å². The number of amides is 1. The van der Waals surface area contributed by atoms with Crippen LogP contribution in [0.4, 0.5) is 5.82 Å². The average Bonchev–Trinajstić information content (AvgIpc) is 3.10. The fourth-order valence-corrected chi connectivity index (χ4v) is 4.95. The molecule has 152 valence electrons. The molecule has 0 saturated carbocycles. The number of piperazine rings is 1. The van der Waals surface area contributed by atoms with E-state index in [4.69, 9.17) is 20.7 Å². The van der Waals surface area contributed by atoms with Crippen LogP contribution in [-0.2, 0) is 25.3 Å². The van der Waals surface area contributed by atoms with Crippen molar-refractivity contribution in [3.63, 3.8) is 0 Å². The van der Waals surface area contributed by atoms with Crippen LogP contribution < -0.4 is 4.90 Å². The lowest BCUT2D eigenvalue weighted by molar-refractivity contribution is -0.164. The van der Waals surface area contributed by atoms with Gasteiger partial charge < -0.3 is 14.5 Å². The van der Waals surface area contributed by atoms with E-state index >= 15 is 0 Å². The van der Waals surface area contributed by atoms with Crippen molar-refractivity contribution in [1.29, 1.82) is 0 Å². The second kappa shape index (κ2) is 9.08. The molecule has 0 spiro atoms. The molecule has 0 bridgehead atoms. The smallest absolute Gasteiger partial charge is 0.238 e. The van der Waals surface area contributed by atoms with Crippen LogP contribution in [0, 0.1) is 0 Å². The summed E-state index contributed by atoms with van der Waals surface area (Å²) >= 11 is 8.82. The summed E-state index contributed by atoms with van der Waals surface area (Å²) in [4.78, 5) is 30.9. The molecule has 1 amide bonds. The molecule has 0 atom stereocenters. The standard InChI is InChI=1S/C16H20ClN5O4S2/c1-24-26-28-22-3-2-21(13(23)10-22)9-11-8-12-14(27-11)15(19-16(17)18-12)20-4-6-25-7-5-20/h8H,2-7,9-10H2,1H3. The van der Waals surface area contributed by atoms with E-state index in [1.807, 2.05) is 15.3 Å². The third-order valence-electron chi connectivity index (χ3n) is 4.52. The molecule has 0 N–H and O–H groups in total. The number of ether oxygens (including phenoxy) is 1. The van der Waals surface area contributed by atoms with Crippen LogP contribution in [0.5, 0.6) is 0 Å². The number of hydrogen-bond donors (Lipinski definition) is 0. The van der Waals surface area contributed by atoms with Crippen LogP contribution in [0.15, 0.2) is 6.07 Å². The first kappa shape index (κ1) is 20.1. The Balaban J connectivity index is 1.50. The Hall–Kier alpha value is -1.21. The highest BCUT2D eigenvalue weighted by atomic mass is 35.5. The van der Waals surface area contributed by atoms with Crippen molar-refractivity contribution >= 4 is 57.1 Å². The number of hydrogen-bond acceptors (Lipinski definition) is 10. The van der Waals surface area contributed by atoms with Gasteiger partial charge in [0.25, 0.3) is 0 Å². The van der Waals surface area contributed by atoms with Crippen molar-refractivity contribution in [3.05, 3.63) is 16.2 Å². The molecule has 28 heavy (non-hydrogen) atoms. The van der Waals surface area contributed by atoms with Crippen LogP contribution in [-0.4, -0.2) is 78.1 Å². The van der Waals surface area contributed by atoms with Gasteiger partial charge >= 0.3 is 0 Å². The minimum atomic E-state index is 0.0495. The zero-order valence-corrected chi connectivity index (χ0v) is 17.7. The fourth-order valence-electron chi connectivity index (χ4n) is 3.18. The Labute approximate surface area is 175 Å². The van der Waals surface area contributed by atoms with Crippen molar-refractivity contribution in [2.24, 2.45) is 0 Å². The van der Waals surface area contributed by atoms with E-state index < -0.39 is 0 Å². The van der Waals surface area contributed by atoms with Gasteiger partial charge in [-0.25, -0.2) is 14.2 Å². The Kier molecular flexibility index (Phi) is 6.51. The minimum Gasteiger partial charge on any atom is -0.378 e. The predicted octanol–water partition coefficient (Wildman–Crippen LogP) is 1.97. The molecule has 2 fully saturated rings. The van der Waals surface area contributed by atoms with Crippen LogP contribution in [0.1, 0.15) is 4.88 Å². The topological polar surface area (TPSA) is 80.3 Å². The third-order valence-corrected chi connectivity index (χ3v) is 6.52. The molecule has 2 aromatic rings. The van der Waals surface area contributed by atoms with Gasteiger partial charge in [0.2, 0.25) is 11.2 Å². The highest BCUT2D eigenvalue weighted by Crippen LogP contribution is 2.34. The maximum atomic E-state index is 12.5. The maximum absolute atomic E-state index is 12.5. The van der Waals surface area contributed by atoms with Crippen molar-refractivity contribution in [1.82, 2.24) is 19.2 Å². The Bertz CT molecular complexity index is 848. The molecule has 2 saturated heterocycles. The van der Waals surface area contributed by atoms with E-state index in [0.29, 0.717) is 32.8 Å². The van der Waals surface area contributed by atoms with Crippen molar-refractivity contribution in [2.75, 3.05) is 57.9 Å². The van der Waals surface area contributed by atoms with Gasteiger partial charge in [0.1, 0.15) is 12.2 Å². The number of carbonyl (C=O) groups is 1. The van der Waals surface area contributed by atoms with Gasteiger partial charge in [0.15, 0.2) is 5.82 Å². The largest absolute Gasteiger partial charge is 0.378 e. The number of rotatable bonds is 6. The van der Waals surface area contributed by atoms with Crippen molar-refractivity contribution in [3.8, 4) is 0 Å². The fraction of sp³-hybridized carbons (Fsp3) is 0.562. The van der Waals surface area contributed by atoms with Crippen LogP contribution >= 0.6 is 35.2 Å². The molecule has 0 aliphatic carbocycles. The number of thiophene rings is 1. The molecule has 2 aromatic heterocycles. The zero-order valence-electron chi connectivity index (χ0n) is 15.3. The lowest BCUT2D eigenvalue weighted by Crippen LogP contribution is -2.47. The summed E-state index contributed by atoms with van der Waals surface area (Å²) in [5.74, 6) is 0.896. The number of fused-ring (bicyclic) bond motifs is 1. The zero-order chi connectivity index (χ0) is 19.5. The van der Waals surface area contributed by atoms with Gasteiger partial charge in [-0.1, -0.05) is 0 Å².